The molecule has 0 radical (unpaired) electrons. The molecule has 0 unspecified atom stereocenters. The molecule has 0 aliphatic rings. The highest BCUT2D eigenvalue weighted by Gasteiger charge is 2.32. The molecule has 1 heterocycles. The van der Waals surface area contributed by atoms with E-state index in [9.17, 15) is 14.4 Å². The molecule has 3 aromatic carbocycles. The lowest BCUT2D eigenvalue weighted by molar-refractivity contribution is -0.0297. The van der Waals surface area contributed by atoms with Crippen LogP contribution in [0.3, 0.4) is 0 Å². The van der Waals surface area contributed by atoms with Gasteiger partial charge in [0.2, 0.25) is 0 Å². The molecule has 0 fully saturated rings. The summed E-state index contributed by atoms with van der Waals surface area (Å²) in [7, 11) is 0. The van der Waals surface area contributed by atoms with E-state index < -0.39 is 24.3 Å². The van der Waals surface area contributed by atoms with E-state index in [1.165, 1.54) is 23.3 Å². The maximum absolute atomic E-state index is 13.0. The van der Waals surface area contributed by atoms with Crippen molar-refractivity contribution in [3.05, 3.63) is 126 Å². The molecular weight excluding hydrogens is 444 g/mol. The maximum Gasteiger partial charge on any atom is 0.420 e. The van der Waals surface area contributed by atoms with Crippen molar-refractivity contribution in [1.29, 1.82) is 0 Å². The second-order valence-corrected chi connectivity index (χ2v) is 7.82. The van der Waals surface area contributed by atoms with E-state index in [1.54, 1.807) is 78.9 Å². The van der Waals surface area contributed by atoms with Gasteiger partial charge in [0.1, 0.15) is 12.4 Å². The van der Waals surface area contributed by atoms with E-state index in [1.807, 2.05) is 12.1 Å². The van der Waals surface area contributed by atoms with Crippen LogP contribution in [0.15, 0.2) is 110 Å². The first-order valence-electron chi connectivity index (χ1n) is 11.2. The largest absolute Gasteiger partial charge is 0.454 e. The van der Waals surface area contributed by atoms with E-state index in [0.29, 0.717) is 16.7 Å². The van der Waals surface area contributed by atoms with Crippen LogP contribution >= 0.6 is 0 Å². The average Bonchev–Trinajstić information content (AvgIpc) is 3.46. The molecule has 0 saturated heterocycles. The zero-order valence-corrected chi connectivity index (χ0v) is 18.9. The molecule has 0 amide bonds. The Morgan fingerprint density at radius 1 is 0.771 bits per heavy atom. The summed E-state index contributed by atoms with van der Waals surface area (Å²) in [6.45, 7) is 0. The van der Waals surface area contributed by atoms with Crippen LogP contribution in [0.2, 0.25) is 0 Å². The smallest absolute Gasteiger partial charge is 0.420 e. The second-order valence-electron chi connectivity index (χ2n) is 7.82. The van der Waals surface area contributed by atoms with Crippen molar-refractivity contribution >= 4 is 17.8 Å². The van der Waals surface area contributed by atoms with Crippen LogP contribution in [0.4, 0.5) is 4.79 Å². The summed E-state index contributed by atoms with van der Waals surface area (Å²) in [5, 5.41) is 0. The molecule has 4 rings (SSSR count). The topological polar surface area (TPSA) is 87.5 Å². The molecule has 7 heteroatoms. The number of benzene rings is 3. The maximum atomic E-state index is 13.0. The molecule has 2 atom stereocenters. The van der Waals surface area contributed by atoms with Gasteiger partial charge in [-0.25, -0.2) is 19.1 Å². The number of carbonyl (C=O) groups excluding carboxylic acids is 3. The number of imidazole rings is 1. The molecule has 7 nitrogen and oxygen atoms in total. The molecule has 0 N–H and O–H groups in total. The zero-order chi connectivity index (χ0) is 24.5. The number of rotatable bonds is 9. The third-order valence-corrected chi connectivity index (χ3v) is 5.43. The van der Waals surface area contributed by atoms with Crippen LogP contribution in [0.5, 0.6) is 0 Å². The lowest BCUT2D eigenvalue weighted by Gasteiger charge is -2.27. The monoisotopic (exact) mass is 468 g/mol. The van der Waals surface area contributed by atoms with Crippen LogP contribution in [-0.2, 0) is 9.47 Å². The summed E-state index contributed by atoms with van der Waals surface area (Å²) in [5.74, 6) is -0.665. The molecule has 0 bridgehead atoms. The SMILES string of the molecule is O=C(CC[C@@H](OC(=O)c1ccccc1)[C@H](OC(=O)n1ccnc1)c1ccccc1)c1ccccc1. The van der Waals surface area contributed by atoms with E-state index in [0.717, 1.165) is 0 Å². The first-order chi connectivity index (χ1) is 17.1. The van der Waals surface area contributed by atoms with Gasteiger partial charge in [-0.1, -0.05) is 78.9 Å². The van der Waals surface area contributed by atoms with Crippen molar-refractivity contribution in [2.45, 2.75) is 25.0 Å². The van der Waals surface area contributed by atoms with Gasteiger partial charge in [-0.2, -0.15) is 0 Å². The predicted octanol–water partition coefficient (Wildman–Crippen LogP) is 5.50. The highest BCUT2D eigenvalue weighted by Crippen LogP contribution is 2.29. The Balaban J connectivity index is 1.62. The number of hydrogen-bond donors (Lipinski definition) is 0. The van der Waals surface area contributed by atoms with Crippen molar-refractivity contribution in [2.75, 3.05) is 0 Å². The molecular formula is C28H24N2O5. The van der Waals surface area contributed by atoms with Crippen LogP contribution in [0.1, 0.15) is 45.2 Å². The zero-order valence-electron chi connectivity index (χ0n) is 18.9. The normalized spacial score (nSPS) is 12.3. The van der Waals surface area contributed by atoms with E-state index in [2.05, 4.69) is 4.98 Å². The van der Waals surface area contributed by atoms with E-state index in [4.69, 9.17) is 9.47 Å². The van der Waals surface area contributed by atoms with Crippen molar-refractivity contribution in [1.82, 2.24) is 9.55 Å². The number of hydrogen-bond acceptors (Lipinski definition) is 6. The Bertz CT molecular complexity index is 1240. The third kappa shape index (κ3) is 6.29. The van der Waals surface area contributed by atoms with Crippen molar-refractivity contribution in [2.24, 2.45) is 0 Å². The summed E-state index contributed by atoms with van der Waals surface area (Å²) >= 11 is 0. The number of Topliss-reactive ketones (excluding diaryl/α,β-unsaturated/α-hetero) is 1. The summed E-state index contributed by atoms with van der Waals surface area (Å²) in [4.78, 5) is 42.5. The van der Waals surface area contributed by atoms with Gasteiger partial charge >= 0.3 is 12.1 Å². The first kappa shape index (κ1) is 23.6. The number of ketones is 1. The highest BCUT2D eigenvalue weighted by atomic mass is 16.6. The molecule has 4 aromatic rings. The number of aromatic nitrogens is 2. The van der Waals surface area contributed by atoms with Gasteiger partial charge in [0.05, 0.1) is 5.56 Å². The van der Waals surface area contributed by atoms with Gasteiger partial charge in [0.25, 0.3) is 0 Å². The fraction of sp³-hybridized carbons (Fsp3) is 0.143. The number of esters is 1. The van der Waals surface area contributed by atoms with Gasteiger partial charge in [-0.3, -0.25) is 4.79 Å². The predicted molar refractivity (Wildman–Crippen MR) is 129 cm³/mol. The Labute approximate surface area is 203 Å². The highest BCUT2D eigenvalue weighted by molar-refractivity contribution is 5.96. The summed E-state index contributed by atoms with van der Waals surface area (Å²) in [6, 6.07) is 26.5. The molecule has 0 aliphatic carbocycles. The lowest BCUT2D eigenvalue weighted by atomic mass is 9.97. The lowest BCUT2D eigenvalue weighted by Crippen LogP contribution is -2.31. The number of carbonyl (C=O) groups is 3. The van der Waals surface area contributed by atoms with Crippen molar-refractivity contribution in [3.8, 4) is 0 Å². The summed E-state index contributed by atoms with van der Waals surface area (Å²) in [6.07, 6.45) is 1.98. The Hall–Kier alpha value is -4.52. The summed E-state index contributed by atoms with van der Waals surface area (Å²) < 4.78 is 12.9. The van der Waals surface area contributed by atoms with Crippen LogP contribution in [-0.4, -0.2) is 33.5 Å². The minimum Gasteiger partial charge on any atom is -0.454 e. The third-order valence-electron chi connectivity index (χ3n) is 5.43. The Morgan fingerprint density at radius 3 is 1.97 bits per heavy atom. The van der Waals surface area contributed by atoms with E-state index >= 15 is 0 Å². The van der Waals surface area contributed by atoms with Gasteiger partial charge in [0, 0.05) is 24.4 Å². The fourth-order valence-electron chi connectivity index (χ4n) is 3.63. The summed E-state index contributed by atoms with van der Waals surface area (Å²) in [5.41, 5.74) is 1.56. The molecule has 176 valence electrons. The average molecular weight is 469 g/mol. The standard InChI is InChI=1S/C28H24N2O5/c31-24(21-10-4-1-5-11-21)16-17-25(34-27(32)23-14-8-3-9-15-23)26(22-12-6-2-7-13-22)35-28(33)30-19-18-29-20-30/h1-15,18-20,25-26H,16-17H2/t25-,26-/m1/s1. The molecule has 0 saturated carbocycles. The van der Waals surface area contributed by atoms with Crippen molar-refractivity contribution < 1.29 is 23.9 Å². The first-order valence-corrected chi connectivity index (χ1v) is 11.2. The molecule has 35 heavy (non-hydrogen) atoms. The van der Waals surface area contributed by atoms with Crippen LogP contribution in [0.25, 0.3) is 0 Å². The minimum atomic E-state index is -0.942. The fourth-order valence-corrected chi connectivity index (χ4v) is 3.63. The molecule has 0 spiro atoms. The number of ether oxygens (including phenoxy) is 2. The Kier molecular flexibility index (Phi) is 7.81. The molecule has 0 aliphatic heterocycles. The minimum absolute atomic E-state index is 0.0980. The van der Waals surface area contributed by atoms with Gasteiger partial charge < -0.3 is 9.47 Å². The molecule has 1 aromatic heterocycles. The van der Waals surface area contributed by atoms with Crippen LogP contribution < -0.4 is 0 Å². The van der Waals surface area contributed by atoms with Crippen LogP contribution in [0, 0.1) is 0 Å². The quantitative estimate of drug-likeness (QED) is 0.238. The van der Waals surface area contributed by atoms with E-state index in [-0.39, 0.29) is 18.6 Å². The van der Waals surface area contributed by atoms with Gasteiger partial charge in [-0.05, 0) is 24.1 Å². The number of nitrogens with zero attached hydrogens (tertiary/aromatic N) is 2. The second kappa shape index (κ2) is 11.6. The van der Waals surface area contributed by atoms with Gasteiger partial charge in [-0.15, -0.1) is 0 Å². The Morgan fingerprint density at radius 2 is 1.37 bits per heavy atom. The van der Waals surface area contributed by atoms with Crippen molar-refractivity contribution in [3.63, 3.8) is 0 Å². The van der Waals surface area contributed by atoms with Gasteiger partial charge in [0.15, 0.2) is 11.9 Å².